The predicted octanol–water partition coefficient (Wildman–Crippen LogP) is 3.68. The number of nitrogens with one attached hydrogen (secondary N) is 1. The summed E-state index contributed by atoms with van der Waals surface area (Å²) in [5.41, 5.74) is 4.61. The Morgan fingerprint density at radius 1 is 1.30 bits per heavy atom. The van der Waals surface area contributed by atoms with Gasteiger partial charge in [0.1, 0.15) is 0 Å². The molecule has 1 aromatic carbocycles. The van der Waals surface area contributed by atoms with Gasteiger partial charge in [0.2, 0.25) is 0 Å². The molecule has 2 aromatic rings. The van der Waals surface area contributed by atoms with Gasteiger partial charge in [0, 0.05) is 16.8 Å². The summed E-state index contributed by atoms with van der Waals surface area (Å²) in [6, 6.07) is 8.32. The van der Waals surface area contributed by atoms with Gasteiger partial charge in [-0.15, -0.1) is 0 Å². The molecule has 0 fully saturated rings. The van der Waals surface area contributed by atoms with E-state index in [0.717, 1.165) is 29.4 Å². The topological polar surface area (TPSA) is 29.9 Å². The van der Waals surface area contributed by atoms with Crippen molar-refractivity contribution in [1.29, 1.82) is 0 Å². The number of benzene rings is 1. The highest BCUT2D eigenvalue weighted by atomic mass is 35.5. The van der Waals surface area contributed by atoms with E-state index in [4.69, 9.17) is 11.6 Å². The molecule has 108 valence electrons. The molecule has 0 bridgehead atoms. The molecule has 20 heavy (non-hydrogen) atoms. The highest BCUT2D eigenvalue weighted by molar-refractivity contribution is 6.30. The fraction of sp³-hybridized carbons (Fsp3) is 0.438. The lowest BCUT2D eigenvalue weighted by atomic mass is 10.1. The summed E-state index contributed by atoms with van der Waals surface area (Å²) in [5.74, 6) is 0. The Morgan fingerprint density at radius 3 is 2.70 bits per heavy atom. The van der Waals surface area contributed by atoms with E-state index in [0.29, 0.717) is 6.04 Å². The second kappa shape index (κ2) is 6.42. The molecule has 0 unspecified atom stereocenters. The molecule has 0 atom stereocenters. The van der Waals surface area contributed by atoms with Gasteiger partial charge in [-0.25, -0.2) is 4.68 Å². The maximum atomic E-state index is 6.06. The lowest BCUT2D eigenvalue weighted by Gasteiger charge is -2.09. The van der Waals surface area contributed by atoms with E-state index in [2.05, 4.69) is 38.1 Å². The van der Waals surface area contributed by atoms with Gasteiger partial charge in [-0.3, -0.25) is 0 Å². The van der Waals surface area contributed by atoms with Gasteiger partial charge in [0.05, 0.1) is 11.4 Å². The average molecular weight is 292 g/mol. The second-order valence-electron chi connectivity index (χ2n) is 5.40. The van der Waals surface area contributed by atoms with Gasteiger partial charge >= 0.3 is 0 Å². The molecule has 4 heteroatoms. The number of halogens is 1. The number of aromatic nitrogens is 2. The quantitative estimate of drug-likeness (QED) is 0.911. The lowest BCUT2D eigenvalue weighted by Crippen LogP contribution is -2.25. The van der Waals surface area contributed by atoms with Crippen LogP contribution in [0.2, 0.25) is 5.02 Å². The maximum Gasteiger partial charge on any atom is 0.0663 e. The SMILES string of the molecule is Cc1nn(-c2cccc(Cl)c2)c(C)c1CCNC(C)C. The number of hydrogen-bond donors (Lipinski definition) is 1. The van der Waals surface area contributed by atoms with Crippen molar-refractivity contribution in [1.82, 2.24) is 15.1 Å². The van der Waals surface area contributed by atoms with Crippen molar-refractivity contribution in [2.24, 2.45) is 0 Å². The summed E-state index contributed by atoms with van der Waals surface area (Å²) in [6.45, 7) is 9.48. The smallest absolute Gasteiger partial charge is 0.0663 e. The first-order valence-corrected chi connectivity index (χ1v) is 7.41. The maximum absolute atomic E-state index is 6.06. The zero-order valence-corrected chi connectivity index (χ0v) is 13.3. The molecule has 0 saturated heterocycles. The minimum atomic E-state index is 0.513. The molecule has 0 aliphatic rings. The van der Waals surface area contributed by atoms with Crippen molar-refractivity contribution >= 4 is 11.6 Å². The Hall–Kier alpha value is -1.32. The van der Waals surface area contributed by atoms with E-state index in [1.807, 2.05) is 28.9 Å². The molecule has 2 rings (SSSR count). The zero-order valence-electron chi connectivity index (χ0n) is 12.6. The van der Waals surface area contributed by atoms with Crippen LogP contribution >= 0.6 is 11.6 Å². The Morgan fingerprint density at radius 2 is 2.05 bits per heavy atom. The van der Waals surface area contributed by atoms with Gasteiger partial charge in [0.15, 0.2) is 0 Å². The predicted molar refractivity (Wildman–Crippen MR) is 84.9 cm³/mol. The third kappa shape index (κ3) is 3.41. The summed E-state index contributed by atoms with van der Waals surface area (Å²) in [7, 11) is 0. The second-order valence-corrected chi connectivity index (χ2v) is 5.84. The summed E-state index contributed by atoms with van der Waals surface area (Å²) < 4.78 is 1.98. The Bertz CT molecular complexity index is 587. The fourth-order valence-electron chi connectivity index (χ4n) is 2.38. The highest BCUT2D eigenvalue weighted by Crippen LogP contribution is 2.20. The molecule has 0 spiro atoms. The van der Waals surface area contributed by atoms with Crippen LogP contribution in [0.15, 0.2) is 24.3 Å². The third-order valence-corrected chi connectivity index (χ3v) is 3.66. The fourth-order valence-corrected chi connectivity index (χ4v) is 2.57. The van der Waals surface area contributed by atoms with Gasteiger partial charge in [-0.2, -0.15) is 5.10 Å². The van der Waals surface area contributed by atoms with Gasteiger partial charge in [-0.1, -0.05) is 31.5 Å². The highest BCUT2D eigenvalue weighted by Gasteiger charge is 2.12. The minimum Gasteiger partial charge on any atom is -0.314 e. The van der Waals surface area contributed by atoms with E-state index in [1.165, 1.54) is 11.3 Å². The minimum absolute atomic E-state index is 0.513. The number of hydrogen-bond acceptors (Lipinski definition) is 2. The van der Waals surface area contributed by atoms with E-state index in [-0.39, 0.29) is 0 Å². The van der Waals surface area contributed by atoms with Gasteiger partial charge in [-0.05, 0) is 50.6 Å². The summed E-state index contributed by atoms with van der Waals surface area (Å²) >= 11 is 6.06. The molecule has 0 radical (unpaired) electrons. The first-order valence-electron chi connectivity index (χ1n) is 7.03. The number of aryl methyl sites for hydroxylation is 1. The van der Waals surface area contributed by atoms with Crippen LogP contribution in [0.3, 0.4) is 0 Å². The van der Waals surface area contributed by atoms with Crippen LogP contribution in [-0.4, -0.2) is 22.4 Å². The van der Waals surface area contributed by atoms with Gasteiger partial charge < -0.3 is 5.32 Å². The molecule has 0 saturated carbocycles. The Kier molecular flexibility index (Phi) is 4.84. The largest absolute Gasteiger partial charge is 0.314 e. The first-order chi connectivity index (χ1) is 9.49. The lowest BCUT2D eigenvalue weighted by molar-refractivity contribution is 0.589. The van der Waals surface area contributed by atoms with E-state index in [9.17, 15) is 0 Å². The number of rotatable bonds is 5. The van der Waals surface area contributed by atoms with Crippen LogP contribution in [0.25, 0.3) is 5.69 Å². The van der Waals surface area contributed by atoms with Crippen molar-refractivity contribution < 1.29 is 0 Å². The molecule has 3 nitrogen and oxygen atoms in total. The normalized spacial score (nSPS) is 11.3. The van der Waals surface area contributed by atoms with Crippen LogP contribution < -0.4 is 5.32 Å². The van der Waals surface area contributed by atoms with Crippen molar-refractivity contribution in [2.75, 3.05) is 6.54 Å². The average Bonchev–Trinajstić information content (AvgIpc) is 2.66. The molecule has 1 aromatic heterocycles. The summed E-state index contributed by atoms with van der Waals surface area (Å²) in [5, 5.41) is 8.83. The summed E-state index contributed by atoms with van der Waals surface area (Å²) in [6.07, 6.45) is 0.996. The van der Waals surface area contributed by atoms with E-state index < -0.39 is 0 Å². The van der Waals surface area contributed by atoms with Crippen LogP contribution in [0.1, 0.15) is 30.8 Å². The van der Waals surface area contributed by atoms with Crippen molar-refractivity contribution in [3.63, 3.8) is 0 Å². The molecule has 0 amide bonds. The van der Waals surface area contributed by atoms with Crippen LogP contribution in [-0.2, 0) is 6.42 Å². The Balaban J connectivity index is 2.24. The standard InChI is InChI=1S/C16H22ClN3/c1-11(2)18-9-8-16-12(3)19-20(13(16)4)15-7-5-6-14(17)10-15/h5-7,10-11,18H,8-9H2,1-4H3. The molecule has 1 N–H and O–H groups in total. The molecule has 0 aliphatic heterocycles. The van der Waals surface area contributed by atoms with E-state index >= 15 is 0 Å². The Labute approximate surface area is 126 Å². The number of nitrogens with zero attached hydrogens (tertiary/aromatic N) is 2. The molecular weight excluding hydrogens is 270 g/mol. The van der Waals surface area contributed by atoms with Crippen molar-refractivity contribution in [2.45, 2.75) is 40.2 Å². The van der Waals surface area contributed by atoms with Crippen LogP contribution in [0, 0.1) is 13.8 Å². The van der Waals surface area contributed by atoms with E-state index in [1.54, 1.807) is 0 Å². The molecule has 1 heterocycles. The first kappa shape index (κ1) is 15.1. The third-order valence-electron chi connectivity index (χ3n) is 3.42. The summed E-state index contributed by atoms with van der Waals surface area (Å²) in [4.78, 5) is 0. The van der Waals surface area contributed by atoms with Crippen molar-refractivity contribution in [3.05, 3.63) is 46.2 Å². The molecule has 0 aliphatic carbocycles. The monoisotopic (exact) mass is 291 g/mol. The zero-order chi connectivity index (χ0) is 14.7. The van der Waals surface area contributed by atoms with Gasteiger partial charge in [0.25, 0.3) is 0 Å². The van der Waals surface area contributed by atoms with Crippen molar-refractivity contribution in [3.8, 4) is 5.69 Å². The molecular formula is C16H22ClN3. The van der Waals surface area contributed by atoms with Crippen LogP contribution in [0.4, 0.5) is 0 Å². The van der Waals surface area contributed by atoms with Crippen LogP contribution in [0.5, 0.6) is 0 Å².